The zero-order valence-electron chi connectivity index (χ0n) is 21.9. The Morgan fingerprint density at radius 3 is 2.56 bits per heavy atom. The summed E-state index contributed by atoms with van der Waals surface area (Å²) in [5, 5.41) is 0. The molecule has 0 aliphatic heterocycles. The van der Waals surface area contributed by atoms with E-state index in [4.69, 9.17) is 4.74 Å². The van der Waals surface area contributed by atoms with E-state index in [1.807, 2.05) is 6.92 Å². The van der Waals surface area contributed by atoms with Crippen LogP contribution in [0.15, 0.2) is 11.6 Å². The largest absolute Gasteiger partial charge is 0.462 e. The molecular weight excluding hydrogens is 392 g/mol. The molecule has 32 heavy (non-hydrogen) atoms. The molecule has 0 amide bonds. The number of hydrogen-bond donors (Lipinski definition) is 0. The van der Waals surface area contributed by atoms with E-state index < -0.39 is 0 Å². The summed E-state index contributed by atoms with van der Waals surface area (Å²) < 4.78 is 5.76. The number of ether oxygens (including phenoxy) is 1. The third-order valence-corrected chi connectivity index (χ3v) is 10.8. The van der Waals surface area contributed by atoms with E-state index in [2.05, 4.69) is 40.7 Å². The maximum absolute atomic E-state index is 11.9. The van der Waals surface area contributed by atoms with Gasteiger partial charge in [0, 0.05) is 12.8 Å². The summed E-state index contributed by atoms with van der Waals surface area (Å²) in [6, 6.07) is 0. The summed E-state index contributed by atoms with van der Waals surface area (Å²) in [6.45, 7) is 14.5. The lowest BCUT2D eigenvalue weighted by atomic mass is 9.47. The van der Waals surface area contributed by atoms with Gasteiger partial charge < -0.3 is 4.74 Å². The Bertz CT molecular complexity index is 708. The fourth-order valence-corrected chi connectivity index (χ4v) is 9.02. The van der Waals surface area contributed by atoms with Crippen LogP contribution in [-0.2, 0) is 9.53 Å². The van der Waals surface area contributed by atoms with Gasteiger partial charge in [-0.1, -0.05) is 72.5 Å². The number of esters is 1. The third kappa shape index (κ3) is 4.34. The van der Waals surface area contributed by atoms with Crippen LogP contribution in [0.2, 0.25) is 0 Å². The lowest BCUT2D eigenvalue weighted by Crippen LogP contribution is -2.51. The maximum Gasteiger partial charge on any atom is 0.305 e. The van der Waals surface area contributed by atoms with Crippen molar-refractivity contribution >= 4 is 5.97 Å². The topological polar surface area (TPSA) is 26.3 Å². The Hall–Kier alpha value is -0.790. The van der Waals surface area contributed by atoms with Crippen LogP contribution in [0.1, 0.15) is 119 Å². The average Bonchev–Trinajstić information content (AvgIpc) is 3.11. The van der Waals surface area contributed by atoms with Crippen LogP contribution in [0.3, 0.4) is 0 Å². The van der Waals surface area contributed by atoms with Crippen molar-refractivity contribution in [3.63, 3.8) is 0 Å². The molecule has 0 N–H and O–H groups in total. The Morgan fingerprint density at radius 2 is 1.84 bits per heavy atom. The number of rotatable bonds is 7. The SMILES string of the molecule is CCC(=O)O[C@H]1CC[C@@]2(C)C(=CC[C@H]3[C@@H]4CC[C@H](C(C)CCCC(C)C)[C@@]4(C)CC[C@@H]32)C1. The van der Waals surface area contributed by atoms with Crippen LogP contribution in [0.25, 0.3) is 0 Å². The number of fused-ring (bicyclic) bond motifs is 5. The van der Waals surface area contributed by atoms with Gasteiger partial charge in [0.15, 0.2) is 0 Å². The van der Waals surface area contributed by atoms with E-state index in [9.17, 15) is 4.79 Å². The number of hydrogen-bond acceptors (Lipinski definition) is 2. The van der Waals surface area contributed by atoms with Gasteiger partial charge in [-0.15, -0.1) is 0 Å². The van der Waals surface area contributed by atoms with E-state index in [1.165, 1.54) is 57.8 Å². The molecule has 0 aromatic heterocycles. The monoisotopic (exact) mass is 442 g/mol. The molecule has 0 saturated heterocycles. The average molecular weight is 443 g/mol. The summed E-state index contributed by atoms with van der Waals surface area (Å²) in [6.07, 6.45) is 17.8. The first-order valence-electron chi connectivity index (χ1n) is 14.1. The predicted octanol–water partition coefficient (Wildman–Crippen LogP) is 8.35. The van der Waals surface area contributed by atoms with Crippen LogP contribution >= 0.6 is 0 Å². The lowest BCUT2D eigenvalue weighted by Gasteiger charge is -2.58. The van der Waals surface area contributed by atoms with E-state index >= 15 is 0 Å². The standard InChI is InChI=1S/C30H50O2/c1-7-28(31)32-23-15-17-29(5)22(19-23)11-12-24-26-14-13-25(21(4)10-8-9-20(2)3)30(26,6)18-16-27(24)29/h11,20-21,23-27H,7-10,12-19H2,1-6H3/t21?,23-,24-,25+,26-,27-,29-,30+/m0/s1. The first kappa shape index (κ1) is 24.3. The molecule has 4 aliphatic carbocycles. The first-order valence-corrected chi connectivity index (χ1v) is 14.1. The Kier molecular flexibility index (Phi) is 7.19. The van der Waals surface area contributed by atoms with Gasteiger partial charge in [0.05, 0.1) is 0 Å². The minimum Gasteiger partial charge on any atom is -0.462 e. The van der Waals surface area contributed by atoms with Crippen molar-refractivity contribution in [2.75, 3.05) is 0 Å². The van der Waals surface area contributed by atoms with Gasteiger partial charge in [0.2, 0.25) is 0 Å². The number of carbonyl (C=O) groups excluding carboxylic acids is 1. The third-order valence-electron chi connectivity index (χ3n) is 10.8. The molecule has 8 atom stereocenters. The second-order valence-corrected chi connectivity index (χ2v) is 13.0. The van der Waals surface area contributed by atoms with Crippen molar-refractivity contribution in [2.24, 2.45) is 46.3 Å². The van der Waals surface area contributed by atoms with Crippen molar-refractivity contribution in [1.29, 1.82) is 0 Å². The molecular formula is C30H50O2. The highest BCUT2D eigenvalue weighted by Crippen LogP contribution is 2.67. The van der Waals surface area contributed by atoms with Gasteiger partial charge in [-0.3, -0.25) is 4.79 Å². The number of allylic oxidation sites excluding steroid dienone is 1. The van der Waals surface area contributed by atoms with Crippen molar-refractivity contribution in [3.8, 4) is 0 Å². The van der Waals surface area contributed by atoms with Crippen LogP contribution in [-0.4, -0.2) is 12.1 Å². The molecule has 4 aliphatic rings. The second kappa shape index (κ2) is 9.46. The highest BCUT2D eigenvalue weighted by molar-refractivity contribution is 5.69. The smallest absolute Gasteiger partial charge is 0.305 e. The van der Waals surface area contributed by atoms with Crippen molar-refractivity contribution in [1.82, 2.24) is 0 Å². The Labute approximate surface area is 198 Å². The molecule has 0 aromatic rings. The first-order chi connectivity index (χ1) is 15.2. The molecule has 1 unspecified atom stereocenters. The molecule has 0 radical (unpaired) electrons. The van der Waals surface area contributed by atoms with Crippen LogP contribution in [0.4, 0.5) is 0 Å². The van der Waals surface area contributed by atoms with Gasteiger partial charge in [-0.05, 0) is 91.3 Å². The zero-order chi connectivity index (χ0) is 23.1. The van der Waals surface area contributed by atoms with Crippen molar-refractivity contribution in [2.45, 2.75) is 125 Å². The molecule has 3 saturated carbocycles. The van der Waals surface area contributed by atoms with Crippen LogP contribution in [0.5, 0.6) is 0 Å². The van der Waals surface area contributed by atoms with E-state index in [0.717, 1.165) is 48.3 Å². The predicted molar refractivity (Wildman–Crippen MR) is 133 cm³/mol. The van der Waals surface area contributed by atoms with Gasteiger partial charge in [0.25, 0.3) is 0 Å². The lowest BCUT2D eigenvalue weighted by molar-refractivity contribution is -0.151. The normalized spacial score (nSPS) is 42.0. The van der Waals surface area contributed by atoms with E-state index in [-0.39, 0.29) is 12.1 Å². The highest BCUT2D eigenvalue weighted by atomic mass is 16.5. The van der Waals surface area contributed by atoms with E-state index in [0.29, 0.717) is 17.3 Å². The molecule has 0 heterocycles. The van der Waals surface area contributed by atoms with Gasteiger partial charge in [0.1, 0.15) is 6.10 Å². The zero-order valence-corrected chi connectivity index (χ0v) is 21.9. The molecule has 182 valence electrons. The summed E-state index contributed by atoms with van der Waals surface area (Å²) >= 11 is 0. The highest BCUT2D eigenvalue weighted by Gasteiger charge is 2.59. The van der Waals surface area contributed by atoms with E-state index in [1.54, 1.807) is 5.57 Å². The fourth-order valence-electron chi connectivity index (χ4n) is 9.02. The van der Waals surface area contributed by atoms with Gasteiger partial charge >= 0.3 is 5.97 Å². The summed E-state index contributed by atoms with van der Waals surface area (Å²) in [5.74, 6) is 5.28. The molecule has 4 rings (SSSR count). The Balaban J connectivity index is 1.45. The fraction of sp³-hybridized carbons (Fsp3) is 0.900. The van der Waals surface area contributed by atoms with Gasteiger partial charge in [-0.2, -0.15) is 0 Å². The maximum atomic E-state index is 11.9. The minimum absolute atomic E-state index is 0.0270. The number of carbonyl (C=O) groups is 1. The quantitative estimate of drug-likeness (QED) is 0.292. The molecule has 0 aromatic carbocycles. The Morgan fingerprint density at radius 1 is 1.06 bits per heavy atom. The summed E-state index contributed by atoms with van der Waals surface area (Å²) in [7, 11) is 0. The molecule has 2 nitrogen and oxygen atoms in total. The molecule has 0 spiro atoms. The van der Waals surface area contributed by atoms with Crippen molar-refractivity contribution in [3.05, 3.63) is 11.6 Å². The summed E-state index contributed by atoms with van der Waals surface area (Å²) in [4.78, 5) is 11.9. The minimum atomic E-state index is -0.0270. The van der Waals surface area contributed by atoms with Crippen LogP contribution in [0, 0.1) is 46.3 Å². The molecule has 0 bridgehead atoms. The summed E-state index contributed by atoms with van der Waals surface area (Å²) in [5.41, 5.74) is 2.54. The van der Waals surface area contributed by atoms with Crippen molar-refractivity contribution < 1.29 is 9.53 Å². The molecule has 2 heteroatoms. The molecule has 3 fully saturated rings. The van der Waals surface area contributed by atoms with Gasteiger partial charge in [-0.25, -0.2) is 0 Å². The second-order valence-electron chi connectivity index (χ2n) is 13.0. The van der Waals surface area contributed by atoms with Crippen LogP contribution < -0.4 is 0 Å².